The van der Waals surface area contributed by atoms with Crippen LogP contribution in [0.5, 0.6) is 0 Å². The minimum atomic E-state index is -0.668. The molecule has 1 fully saturated rings. The highest BCUT2D eigenvalue weighted by atomic mass is 16.5. The van der Waals surface area contributed by atoms with Gasteiger partial charge in [-0.2, -0.15) is 0 Å². The number of piperidine rings is 1. The van der Waals surface area contributed by atoms with E-state index in [-0.39, 0.29) is 37.2 Å². The molecule has 2 heterocycles. The molecule has 5 N–H and O–H groups in total. The van der Waals surface area contributed by atoms with Crippen molar-refractivity contribution in [1.29, 1.82) is 0 Å². The van der Waals surface area contributed by atoms with E-state index < -0.39 is 11.9 Å². The zero-order valence-electron chi connectivity index (χ0n) is 19.7. The molecule has 1 atom stereocenters. The molecule has 12 nitrogen and oxygen atoms in total. The minimum Gasteiger partial charge on any atom is -0.378 e. The number of anilines is 1. The Morgan fingerprint density at radius 2 is 1.77 bits per heavy atom. The number of hydrogen-bond acceptors (Lipinski definition) is 9. The molecule has 1 aromatic rings. The van der Waals surface area contributed by atoms with Gasteiger partial charge >= 0.3 is 0 Å². The molecule has 0 bridgehead atoms. The van der Waals surface area contributed by atoms with Gasteiger partial charge in [0.2, 0.25) is 17.7 Å². The first kappa shape index (κ1) is 26.7. The van der Waals surface area contributed by atoms with Crippen LogP contribution in [0.25, 0.3) is 0 Å². The maximum absolute atomic E-state index is 12.7. The van der Waals surface area contributed by atoms with E-state index in [1.165, 1.54) is 4.90 Å². The number of imide groups is 1. The van der Waals surface area contributed by atoms with Crippen LogP contribution in [0, 0.1) is 0 Å². The number of ether oxygens (including phenoxy) is 3. The van der Waals surface area contributed by atoms with Gasteiger partial charge in [0.25, 0.3) is 5.91 Å². The van der Waals surface area contributed by atoms with Crippen LogP contribution in [-0.2, 0) is 35.1 Å². The molecule has 2 aliphatic rings. The Hall–Kier alpha value is -2.90. The van der Waals surface area contributed by atoms with Crippen LogP contribution in [0.2, 0.25) is 0 Å². The average Bonchev–Trinajstić information content (AvgIpc) is 3.15. The molecule has 35 heavy (non-hydrogen) atoms. The van der Waals surface area contributed by atoms with E-state index in [9.17, 15) is 19.2 Å². The molecule has 0 aromatic heterocycles. The zero-order valence-corrected chi connectivity index (χ0v) is 19.7. The predicted octanol–water partition coefficient (Wildman–Crippen LogP) is -1.02. The van der Waals surface area contributed by atoms with E-state index in [4.69, 9.17) is 19.9 Å². The van der Waals surface area contributed by atoms with Crippen molar-refractivity contribution in [3.8, 4) is 0 Å². The molecule has 1 saturated heterocycles. The lowest BCUT2D eigenvalue weighted by molar-refractivity contribution is -0.137. The van der Waals surface area contributed by atoms with Gasteiger partial charge in [-0.1, -0.05) is 0 Å². The summed E-state index contributed by atoms with van der Waals surface area (Å²) in [4.78, 5) is 50.0. The number of nitrogens with one attached hydrogen (secondary N) is 3. The largest absolute Gasteiger partial charge is 0.378 e. The number of hydrogen-bond donors (Lipinski definition) is 4. The summed E-state index contributed by atoms with van der Waals surface area (Å²) in [5.74, 6) is -1.25. The Morgan fingerprint density at radius 1 is 1.06 bits per heavy atom. The summed E-state index contributed by atoms with van der Waals surface area (Å²) < 4.78 is 16.0. The fraction of sp³-hybridized carbons (Fsp3) is 0.565. The molecular weight excluding hydrogens is 458 g/mol. The van der Waals surface area contributed by atoms with E-state index in [0.29, 0.717) is 70.4 Å². The van der Waals surface area contributed by atoms with Crippen LogP contribution in [0.3, 0.4) is 0 Å². The second-order valence-corrected chi connectivity index (χ2v) is 8.12. The standard InChI is InChI=1S/C23H33N5O7/c24-5-7-33-9-11-35-12-10-34-8-6-25-14-21(30)26-17-1-2-18-16(13-17)15-28(23(18)32)19-3-4-20(29)27-22(19)31/h1-2,13,19,25H,3-12,14-15,24H2,(H,26,30)(H,27,29,31). The summed E-state index contributed by atoms with van der Waals surface area (Å²) in [5.41, 5.74) is 7.11. The smallest absolute Gasteiger partial charge is 0.255 e. The Morgan fingerprint density at radius 3 is 2.49 bits per heavy atom. The molecule has 1 unspecified atom stereocenters. The minimum absolute atomic E-state index is 0.108. The van der Waals surface area contributed by atoms with Gasteiger partial charge in [0, 0.05) is 37.3 Å². The van der Waals surface area contributed by atoms with Gasteiger partial charge in [0.05, 0.1) is 46.2 Å². The number of rotatable bonds is 15. The van der Waals surface area contributed by atoms with Gasteiger partial charge in [-0.15, -0.1) is 0 Å². The highest BCUT2D eigenvalue weighted by Gasteiger charge is 2.39. The Labute approximate surface area is 203 Å². The van der Waals surface area contributed by atoms with Gasteiger partial charge in [-0.05, 0) is 30.2 Å². The van der Waals surface area contributed by atoms with Gasteiger partial charge in [-0.3, -0.25) is 24.5 Å². The van der Waals surface area contributed by atoms with Gasteiger partial charge in [0.15, 0.2) is 0 Å². The highest BCUT2D eigenvalue weighted by molar-refractivity contribution is 6.05. The van der Waals surface area contributed by atoms with E-state index in [2.05, 4.69) is 16.0 Å². The fourth-order valence-electron chi connectivity index (χ4n) is 3.83. The molecule has 3 rings (SSSR count). The Balaban J connectivity index is 1.31. The topological polar surface area (TPSA) is 161 Å². The molecule has 192 valence electrons. The first-order valence-electron chi connectivity index (χ1n) is 11.7. The van der Waals surface area contributed by atoms with Crippen LogP contribution in [0.15, 0.2) is 18.2 Å². The first-order chi connectivity index (χ1) is 17.0. The summed E-state index contributed by atoms with van der Waals surface area (Å²) in [6, 6.07) is 4.37. The molecular formula is C23H33N5O7. The third kappa shape index (κ3) is 8.08. The zero-order chi connectivity index (χ0) is 25.0. The number of nitrogens with two attached hydrogens (primary N) is 1. The molecule has 0 aliphatic carbocycles. The van der Waals surface area contributed by atoms with Crippen molar-refractivity contribution in [1.82, 2.24) is 15.5 Å². The highest BCUT2D eigenvalue weighted by Crippen LogP contribution is 2.29. The van der Waals surface area contributed by atoms with Crippen LogP contribution in [0.4, 0.5) is 5.69 Å². The summed E-state index contributed by atoms with van der Waals surface area (Å²) in [6.45, 7) is 4.25. The molecule has 0 spiro atoms. The van der Waals surface area contributed by atoms with E-state index in [1.54, 1.807) is 18.2 Å². The van der Waals surface area contributed by atoms with Crippen molar-refractivity contribution < 1.29 is 33.4 Å². The van der Waals surface area contributed by atoms with Crippen molar-refractivity contribution in [2.24, 2.45) is 5.73 Å². The summed E-state index contributed by atoms with van der Waals surface area (Å²) in [6.07, 6.45) is 0.509. The summed E-state index contributed by atoms with van der Waals surface area (Å²) >= 11 is 0. The maximum atomic E-state index is 12.7. The number of fused-ring (bicyclic) bond motifs is 1. The predicted molar refractivity (Wildman–Crippen MR) is 125 cm³/mol. The summed E-state index contributed by atoms with van der Waals surface area (Å²) in [5, 5.41) is 8.09. The number of carbonyl (C=O) groups excluding carboxylic acids is 4. The third-order valence-corrected chi connectivity index (χ3v) is 5.52. The van der Waals surface area contributed by atoms with Crippen molar-refractivity contribution in [3.63, 3.8) is 0 Å². The van der Waals surface area contributed by atoms with Gasteiger partial charge in [-0.25, -0.2) is 0 Å². The second-order valence-electron chi connectivity index (χ2n) is 8.12. The Bertz CT molecular complexity index is 910. The second kappa shape index (κ2) is 13.9. The van der Waals surface area contributed by atoms with E-state index in [0.717, 1.165) is 5.56 Å². The third-order valence-electron chi connectivity index (χ3n) is 5.52. The van der Waals surface area contributed by atoms with E-state index >= 15 is 0 Å². The lowest BCUT2D eigenvalue weighted by Gasteiger charge is -2.29. The molecule has 0 radical (unpaired) electrons. The lowest BCUT2D eigenvalue weighted by atomic mass is 10.0. The van der Waals surface area contributed by atoms with Crippen LogP contribution in [0.1, 0.15) is 28.8 Å². The summed E-state index contributed by atoms with van der Waals surface area (Å²) in [7, 11) is 0. The molecule has 0 saturated carbocycles. The SMILES string of the molecule is NCCOCCOCCOCCNCC(=O)Nc1ccc2c(c1)CN(C1CCC(=O)NC1=O)C2=O. The lowest BCUT2D eigenvalue weighted by Crippen LogP contribution is -2.52. The monoisotopic (exact) mass is 491 g/mol. The van der Waals surface area contributed by atoms with Crippen LogP contribution < -0.4 is 21.7 Å². The fourth-order valence-corrected chi connectivity index (χ4v) is 3.83. The van der Waals surface area contributed by atoms with Crippen molar-refractivity contribution in [3.05, 3.63) is 29.3 Å². The number of carbonyl (C=O) groups is 4. The van der Waals surface area contributed by atoms with Crippen molar-refractivity contribution in [2.45, 2.75) is 25.4 Å². The number of amides is 4. The first-order valence-corrected chi connectivity index (χ1v) is 11.7. The number of nitrogens with zero attached hydrogens (tertiary/aromatic N) is 1. The number of benzene rings is 1. The van der Waals surface area contributed by atoms with Crippen LogP contribution >= 0.6 is 0 Å². The Kier molecular flexibility index (Phi) is 10.6. The molecule has 1 aromatic carbocycles. The van der Waals surface area contributed by atoms with Crippen molar-refractivity contribution >= 4 is 29.3 Å². The normalized spacial score (nSPS) is 17.5. The average molecular weight is 492 g/mol. The molecule has 4 amide bonds. The van der Waals surface area contributed by atoms with Crippen molar-refractivity contribution in [2.75, 3.05) is 64.6 Å². The van der Waals surface area contributed by atoms with Crippen LogP contribution in [-0.4, -0.2) is 93.8 Å². The molecule has 2 aliphatic heterocycles. The quantitative estimate of drug-likeness (QED) is 0.178. The maximum Gasteiger partial charge on any atom is 0.255 e. The van der Waals surface area contributed by atoms with E-state index in [1.807, 2.05) is 0 Å². The van der Waals surface area contributed by atoms with Gasteiger partial charge in [0.1, 0.15) is 6.04 Å². The van der Waals surface area contributed by atoms with Gasteiger partial charge < -0.3 is 35.5 Å². The molecule has 12 heteroatoms.